The molecule has 0 aromatic heterocycles. The van der Waals surface area contributed by atoms with Gasteiger partial charge in [-0.1, -0.05) is 33.8 Å². The van der Waals surface area contributed by atoms with E-state index in [1.54, 1.807) is 17.0 Å². The Hall–Kier alpha value is -2.08. The predicted octanol–water partition coefficient (Wildman–Crippen LogP) is 2.78. The minimum Gasteiger partial charge on any atom is -0.507 e. The van der Waals surface area contributed by atoms with E-state index in [2.05, 4.69) is 32.6 Å². The maximum absolute atomic E-state index is 12.8. The van der Waals surface area contributed by atoms with Gasteiger partial charge in [0.1, 0.15) is 5.75 Å². The van der Waals surface area contributed by atoms with Crippen LogP contribution in [0.1, 0.15) is 56.0 Å². The molecule has 0 saturated carbocycles. The average Bonchev–Trinajstić information content (AvgIpc) is 2.67. The molecule has 2 aliphatic heterocycles. The smallest absolute Gasteiger partial charge is 0.257 e. The lowest BCUT2D eigenvalue weighted by atomic mass is 9.92. The molecule has 0 radical (unpaired) electrons. The zero-order chi connectivity index (χ0) is 21.1. The summed E-state index contributed by atoms with van der Waals surface area (Å²) in [4.78, 5) is 31.4. The number of carbonyl (C=O) groups is 2. The minimum absolute atomic E-state index is 0.0483. The van der Waals surface area contributed by atoms with E-state index < -0.39 is 0 Å². The predicted molar refractivity (Wildman–Crippen MR) is 114 cm³/mol. The van der Waals surface area contributed by atoms with E-state index in [0.29, 0.717) is 56.0 Å². The van der Waals surface area contributed by atoms with Crippen LogP contribution in [0.25, 0.3) is 0 Å². The monoisotopic (exact) mass is 401 g/mol. The Kier molecular flexibility index (Phi) is 6.83. The van der Waals surface area contributed by atoms with Gasteiger partial charge in [-0.15, -0.1) is 0 Å². The van der Waals surface area contributed by atoms with Gasteiger partial charge in [-0.2, -0.15) is 0 Å². The highest BCUT2D eigenvalue weighted by Crippen LogP contribution is 2.25. The maximum Gasteiger partial charge on any atom is 0.257 e. The number of nitrogens with zero attached hydrogens (tertiary/aromatic N) is 3. The van der Waals surface area contributed by atoms with Crippen LogP contribution >= 0.6 is 0 Å². The first-order valence-corrected chi connectivity index (χ1v) is 10.9. The summed E-state index contributed by atoms with van der Waals surface area (Å²) in [6, 6.07) is 5.32. The quantitative estimate of drug-likeness (QED) is 0.843. The summed E-state index contributed by atoms with van der Waals surface area (Å²) < 4.78 is 0. The normalized spacial score (nSPS) is 23.5. The number of phenols is 1. The maximum atomic E-state index is 12.8. The number of benzene rings is 1. The molecule has 2 amide bonds. The molecule has 0 spiro atoms. The van der Waals surface area contributed by atoms with Crippen molar-refractivity contribution in [2.75, 3.05) is 45.8 Å². The second-order valence-electron chi connectivity index (χ2n) is 9.24. The number of piperazine rings is 1. The van der Waals surface area contributed by atoms with Gasteiger partial charge in [-0.05, 0) is 41.9 Å². The molecule has 3 rings (SSSR count). The summed E-state index contributed by atoms with van der Waals surface area (Å²) in [5, 5.41) is 10.3. The molecule has 0 aliphatic carbocycles. The van der Waals surface area contributed by atoms with Crippen molar-refractivity contribution in [3.63, 3.8) is 0 Å². The lowest BCUT2D eigenvalue weighted by Crippen LogP contribution is -2.53. The van der Waals surface area contributed by atoms with Gasteiger partial charge in [0.05, 0.1) is 12.1 Å². The SMILES string of the molecule is CC1CC(C)CN(C(=O)CN2CCN(C(=O)c3ccc(C(C)C)cc3O)CC2)C1. The number of piperidine rings is 1. The average molecular weight is 402 g/mol. The fourth-order valence-electron chi connectivity index (χ4n) is 4.53. The van der Waals surface area contributed by atoms with Gasteiger partial charge in [0, 0.05) is 39.3 Å². The fourth-order valence-corrected chi connectivity index (χ4v) is 4.53. The van der Waals surface area contributed by atoms with E-state index in [4.69, 9.17) is 0 Å². The summed E-state index contributed by atoms with van der Waals surface area (Å²) in [6.45, 7) is 13.2. The van der Waals surface area contributed by atoms with Gasteiger partial charge < -0.3 is 14.9 Å². The van der Waals surface area contributed by atoms with Crippen molar-refractivity contribution in [3.05, 3.63) is 29.3 Å². The molecule has 29 heavy (non-hydrogen) atoms. The summed E-state index contributed by atoms with van der Waals surface area (Å²) >= 11 is 0. The molecule has 2 unspecified atom stereocenters. The third-order valence-electron chi connectivity index (χ3n) is 6.16. The van der Waals surface area contributed by atoms with E-state index in [0.717, 1.165) is 18.7 Å². The second-order valence-corrected chi connectivity index (χ2v) is 9.24. The molecule has 2 fully saturated rings. The van der Waals surface area contributed by atoms with Crippen LogP contribution in [0.5, 0.6) is 5.75 Å². The van der Waals surface area contributed by atoms with Crippen molar-refractivity contribution < 1.29 is 14.7 Å². The second kappa shape index (κ2) is 9.16. The molecule has 2 aliphatic rings. The van der Waals surface area contributed by atoms with Gasteiger partial charge in [-0.3, -0.25) is 14.5 Å². The van der Waals surface area contributed by atoms with Crippen molar-refractivity contribution in [1.29, 1.82) is 0 Å². The molecule has 6 heteroatoms. The number of hydrogen-bond acceptors (Lipinski definition) is 4. The molecule has 6 nitrogen and oxygen atoms in total. The van der Waals surface area contributed by atoms with Crippen LogP contribution < -0.4 is 0 Å². The number of aromatic hydroxyl groups is 1. The van der Waals surface area contributed by atoms with E-state index in [1.165, 1.54) is 6.42 Å². The Morgan fingerprint density at radius 3 is 2.21 bits per heavy atom. The van der Waals surface area contributed by atoms with Gasteiger partial charge in [-0.25, -0.2) is 0 Å². The first kappa shape index (κ1) is 21.6. The lowest BCUT2D eigenvalue weighted by molar-refractivity contribution is -0.135. The van der Waals surface area contributed by atoms with E-state index in [1.807, 2.05) is 11.0 Å². The molecule has 1 aromatic rings. The third kappa shape index (κ3) is 5.30. The van der Waals surface area contributed by atoms with Crippen LogP contribution in [0.2, 0.25) is 0 Å². The number of carbonyl (C=O) groups excluding carboxylic acids is 2. The summed E-state index contributed by atoms with van der Waals surface area (Å²) in [5.41, 5.74) is 1.37. The van der Waals surface area contributed by atoms with Crippen molar-refractivity contribution in [1.82, 2.24) is 14.7 Å². The summed E-state index contributed by atoms with van der Waals surface area (Å²) in [7, 11) is 0. The molecule has 2 atom stereocenters. The van der Waals surface area contributed by atoms with Gasteiger partial charge in [0.15, 0.2) is 0 Å². The van der Waals surface area contributed by atoms with Crippen LogP contribution in [0.3, 0.4) is 0 Å². The molecule has 1 aromatic carbocycles. The van der Waals surface area contributed by atoms with Crippen molar-refractivity contribution >= 4 is 11.8 Å². The number of phenolic OH excluding ortho intramolecular Hbond substituents is 1. The van der Waals surface area contributed by atoms with Gasteiger partial charge >= 0.3 is 0 Å². The zero-order valence-electron chi connectivity index (χ0n) is 18.2. The first-order chi connectivity index (χ1) is 13.7. The van der Waals surface area contributed by atoms with Crippen LogP contribution in [0, 0.1) is 11.8 Å². The summed E-state index contributed by atoms with van der Waals surface area (Å²) in [5.74, 6) is 1.54. The fraction of sp³-hybridized carbons (Fsp3) is 0.652. The van der Waals surface area contributed by atoms with Gasteiger partial charge in [0.25, 0.3) is 5.91 Å². The molecule has 160 valence electrons. The topological polar surface area (TPSA) is 64.1 Å². The first-order valence-electron chi connectivity index (χ1n) is 10.9. The summed E-state index contributed by atoms with van der Waals surface area (Å²) in [6.07, 6.45) is 1.19. The van der Waals surface area contributed by atoms with Crippen LogP contribution in [-0.4, -0.2) is 77.4 Å². The Bertz CT molecular complexity index is 731. The van der Waals surface area contributed by atoms with Crippen molar-refractivity contribution in [2.24, 2.45) is 11.8 Å². The number of amides is 2. The number of likely N-dealkylation sites (tertiary alicyclic amines) is 1. The zero-order valence-corrected chi connectivity index (χ0v) is 18.2. The molecule has 2 saturated heterocycles. The minimum atomic E-state index is -0.137. The van der Waals surface area contributed by atoms with Gasteiger partial charge in [0.2, 0.25) is 5.91 Å². The van der Waals surface area contributed by atoms with Crippen molar-refractivity contribution in [2.45, 2.75) is 40.0 Å². The van der Waals surface area contributed by atoms with Crippen molar-refractivity contribution in [3.8, 4) is 5.75 Å². The van der Waals surface area contributed by atoms with Crippen LogP contribution in [-0.2, 0) is 4.79 Å². The Morgan fingerprint density at radius 1 is 1.03 bits per heavy atom. The third-order valence-corrected chi connectivity index (χ3v) is 6.16. The highest BCUT2D eigenvalue weighted by molar-refractivity contribution is 5.97. The molecular formula is C23H35N3O3. The van der Waals surface area contributed by atoms with E-state index in [-0.39, 0.29) is 17.6 Å². The molecule has 2 heterocycles. The Labute approximate surface area is 174 Å². The van der Waals surface area contributed by atoms with E-state index in [9.17, 15) is 14.7 Å². The number of hydrogen-bond donors (Lipinski definition) is 1. The lowest BCUT2D eigenvalue weighted by Gasteiger charge is -2.38. The standard InChI is InChI=1S/C23H35N3O3/c1-16(2)19-5-6-20(21(27)12-19)23(29)25-9-7-24(8-10-25)15-22(28)26-13-17(3)11-18(4)14-26/h5-6,12,16-18,27H,7-11,13-15H2,1-4H3. The van der Waals surface area contributed by atoms with Crippen LogP contribution in [0.4, 0.5) is 0 Å². The molecule has 0 bridgehead atoms. The Balaban J connectivity index is 1.52. The van der Waals surface area contributed by atoms with Crippen LogP contribution in [0.15, 0.2) is 18.2 Å². The number of rotatable bonds is 4. The highest BCUT2D eigenvalue weighted by Gasteiger charge is 2.29. The Morgan fingerprint density at radius 2 is 1.66 bits per heavy atom. The molecular weight excluding hydrogens is 366 g/mol. The highest BCUT2D eigenvalue weighted by atomic mass is 16.3. The molecule has 1 N–H and O–H groups in total. The largest absolute Gasteiger partial charge is 0.507 e. The van der Waals surface area contributed by atoms with E-state index >= 15 is 0 Å².